The van der Waals surface area contributed by atoms with Gasteiger partial charge in [-0.15, -0.1) is 0 Å². The maximum absolute atomic E-state index is 12.6. The second-order valence-electron chi connectivity index (χ2n) is 6.83. The summed E-state index contributed by atoms with van der Waals surface area (Å²) in [5.41, 5.74) is 1.42. The van der Waals surface area contributed by atoms with Gasteiger partial charge in [-0.25, -0.2) is 8.42 Å². The standard InChI is InChI=1S/C19H26O3S/c1-4-5-15(2)17-6-8-18(9-7-17)23(21,22)14-16-10-12-19(3,20)13-11-16/h4-9,16,20H,1,10-14H2,2-3H3/b15-5+. The quantitative estimate of drug-likeness (QED) is 0.828. The monoisotopic (exact) mass is 334 g/mol. The molecule has 126 valence electrons. The molecule has 0 bridgehead atoms. The zero-order valence-corrected chi connectivity index (χ0v) is 14.8. The molecule has 0 spiro atoms. The summed E-state index contributed by atoms with van der Waals surface area (Å²) in [5, 5.41) is 9.97. The van der Waals surface area contributed by atoms with E-state index in [0.717, 1.165) is 24.0 Å². The van der Waals surface area contributed by atoms with Crippen molar-refractivity contribution in [2.75, 3.05) is 5.75 Å². The summed E-state index contributed by atoms with van der Waals surface area (Å²) < 4.78 is 25.2. The summed E-state index contributed by atoms with van der Waals surface area (Å²) in [4.78, 5) is 0.380. The predicted molar refractivity (Wildman–Crippen MR) is 94.9 cm³/mol. The van der Waals surface area contributed by atoms with Crippen LogP contribution in [0.15, 0.2) is 47.9 Å². The second-order valence-corrected chi connectivity index (χ2v) is 8.87. The Kier molecular flexibility index (Phi) is 5.48. The van der Waals surface area contributed by atoms with Gasteiger partial charge in [0.25, 0.3) is 0 Å². The summed E-state index contributed by atoms with van der Waals surface area (Å²) in [5.74, 6) is 0.312. The third-order valence-electron chi connectivity index (χ3n) is 4.67. The molecule has 0 aromatic heterocycles. The molecular weight excluding hydrogens is 308 g/mol. The first-order valence-electron chi connectivity index (χ1n) is 8.08. The zero-order valence-electron chi connectivity index (χ0n) is 14.0. The van der Waals surface area contributed by atoms with Crippen molar-refractivity contribution in [3.63, 3.8) is 0 Å². The van der Waals surface area contributed by atoms with Gasteiger partial charge in [-0.3, -0.25) is 0 Å². The molecule has 1 aromatic carbocycles. The number of sulfone groups is 1. The van der Waals surface area contributed by atoms with E-state index in [4.69, 9.17) is 0 Å². The van der Waals surface area contributed by atoms with E-state index in [-0.39, 0.29) is 11.7 Å². The maximum atomic E-state index is 12.6. The molecule has 0 radical (unpaired) electrons. The van der Waals surface area contributed by atoms with Gasteiger partial charge in [0.15, 0.2) is 9.84 Å². The fraction of sp³-hybridized carbons (Fsp3) is 0.474. The van der Waals surface area contributed by atoms with Crippen LogP contribution >= 0.6 is 0 Å². The van der Waals surface area contributed by atoms with Crippen molar-refractivity contribution in [2.24, 2.45) is 5.92 Å². The van der Waals surface area contributed by atoms with Gasteiger partial charge in [0.2, 0.25) is 0 Å². The second kappa shape index (κ2) is 7.02. The Labute approximate surface area is 139 Å². The van der Waals surface area contributed by atoms with E-state index < -0.39 is 15.4 Å². The Morgan fingerprint density at radius 2 is 1.87 bits per heavy atom. The number of allylic oxidation sites excluding steroid dienone is 3. The Hall–Kier alpha value is -1.39. The molecule has 3 nitrogen and oxygen atoms in total. The smallest absolute Gasteiger partial charge is 0.178 e. The van der Waals surface area contributed by atoms with Crippen molar-refractivity contribution >= 4 is 15.4 Å². The van der Waals surface area contributed by atoms with Gasteiger partial charge in [0, 0.05) is 0 Å². The van der Waals surface area contributed by atoms with Crippen LogP contribution in [-0.2, 0) is 9.84 Å². The molecule has 1 N–H and O–H groups in total. The molecule has 0 amide bonds. The Morgan fingerprint density at radius 1 is 1.30 bits per heavy atom. The van der Waals surface area contributed by atoms with E-state index in [1.807, 2.05) is 32.1 Å². The molecule has 0 heterocycles. The summed E-state index contributed by atoms with van der Waals surface area (Å²) in [6.07, 6.45) is 6.52. The van der Waals surface area contributed by atoms with Crippen LogP contribution in [0.1, 0.15) is 45.1 Å². The minimum absolute atomic E-state index is 0.141. The van der Waals surface area contributed by atoms with Gasteiger partial charge in [-0.2, -0.15) is 0 Å². The van der Waals surface area contributed by atoms with E-state index in [1.54, 1.807) is 18.2 Å². The van der Waals surface area contributed by atoms with Crippen LogP contribution in [0.2, 0.25) is 0 Å². The van der Waals surface area contributed by atoms with Crippen molar-refractivity contribution in [3.05, 3.63) is 48.6 Å². The van der Waals surface area contributed by atoms with Crippen LogP contribution in [0.3, 0.4) is 0 Å². The van der Waals surface area contributed by atoms with E-state index in [2.05, 4.69) is 6.58 Å². The zero-order chi connectivity index (χ0) is 17.1. The molecule has 0 saturated heterocycles. The first-order chi connectivity index (χ1) is 10.7. The highest BCUT2D eigenvalue weighted by molar-refractivity contribution is 7.91. The molecule has 1 aliphatic carbocycles. The number of hydrogen-bond acceptors (Lipinski definition) is 3. The average Bonchev–Trinajstić information content (AvgIpc) is 2.50. The third kappa shape index (κ3) is 4.79. The van der Waals surface area contributed by atoms with Crippen LogP contribution in [0.5, 0.6) is 0 Å². The lowest BCUT2D eigenvalue weighted by atomic mass is 9.81. The Balaban J connectivity index is 2.08. The average molecular weight is 334 g/mol. The Bertz CT molecular complexity index is 672. The number of benzene rings is 1. The number of rotatable bonds is 5. The fourth-order valence-corrected chi connectivity index (χ4v) is 4.77. The lowest BCUT2D eigenvalue weighted by molar-refractivity contribution is 0.0108. The third-order valence-corrected chi connectivity index (χ3v) is 6.57. The van der Waals surface area contributed by atoms with Crippen LogP contribution < -0.4 is 0 Å². The molecule has 23 heavy (non-hydrogen) atoms. The SMILES string of the molecule is C=C/C=C(\C)c1ccc(S(=O)(=O)CC2CCC(C)(O)CC2)cc1. The molecule has 2 rings (SSSR count). The highest BCUT2D eigenvalue weighted by Gasteiger charge is 2.31. The lowest BCUT2D eigenvalue weighted by Crippen LogP contribution is -2.32. The van der Waals surface area contributed by atoms with E-state index in [1.165, 1.54) is 0 Å². The van der Waals surface area contributed by atoms with Crippen LogP contribution in [0.4, 0.5) is 0 Å². The van der Waals surface area contributed by atoms with Crippen molar-refractivity contribution in [1.29, 1.82) is 0 Å². The molecule has 0 unspecified atom stereocenters. The molecule has 0 aliphatic heterocycles. The first-order valence-corrected chi connectivity index (χ1v) is 9.74. The highest BCUT2D eigenvalue weighted by Crippen LogP contribution is 2.33. The van der Waals surface area contributed by atoms with Gasteiger partial charge in [-0.1, -0.05) is 30.9 Å². The highest BCUT2D eigenvalue weighted by atomic mass is 32.2. The fourth-order valence-electron chi connectivity index (χ4n) is 3.07. The van der Waals surface area contributed by atoms with Crippen molar-refractivity contribution < 1.29 is 13.5 Å². The molecule has 1 aromatic rings. The molecular formula is C19H26O3S. The largest absolute Gasteiger partial charge is 0.390 e. The van der Waals surface area contributed by atoms with Gasteiger partial charge in [0.05, 0.1) is 16.2 Å². The first kappa shape index (κ1) is 18.0. The molecule has 1 aliphatic rings. The minimum atomic E-state index is -3.27. The van der Waals surface area contributed by atoms with E-state index >= 15 is 0 Å². The summed E-state index contributed by atoms with van der Waals surface area (Å²) in [6.45, 7) is 7.47. The maximum Gasteiger partial charge on any atom is 0.178 e. The predicted octanol–water partition coefficient (Wildman–Crippen LogP) is 3.99. The van der Waals surface area contributed by atoms with Crippen LogP contribution in [0.25, 0.3) is 5.57 Å². The Morgan fingerprint density at radius 3 is 2.39 bits per heavy atom. The van der Waals surface area contributed by atoms with E-state index in [0.29, 0.717) is 17.7 Å². The summed E-state index contributed by atoms with van der Waals surface area (Å²) in [6, 6.07) is 7.05. The van der Waals surface area contributed by atoms with Gasteiger partial charge < -0.3 is 5.11 Å². The molecule has 1 saturated carbocycles. The van der Waals surface area contributed by atoms with Crippen molar-refractivity contribution in [3.8, 4) is 0 Å². The van der Waals surface area contributed by atoms with E-state index in [9.17, 15) is 13.5 Å². The number of aliphatic hydroxyl groups is 1. The number of hydrogen-bond donors (Lipinski definition) is 1. The normalized spacial score (nSPS) is 26.0. The summed E-state index contributed by atoms with van der Waals surface area (Å²) in [7, 11) is -3.27. The van der Waals surface area contributed by atoms with Gasteiger partial charge >= 0.3 is 0 Å². The molecule has 0 atom stereocenters. The van der Waals surface area contributed by atoms with Gasteiger partial charge in [0.1, 0.15) is 0 Å². The lowest BCUT2D eigenvalue weighted by Gasteiger charge is -2.32. The van der Waals surface area contributed by atoms with Crippen molar-refractivity contribution in [1.82, 2.24) is 0 Å². The molecule has 4 heteroatoms. The topological polar surface area (TPSA) is 54.4 Å². The summed E-state index contributed by atoms with van der Waals surface area (Å²) >= 11 is 0. The molecule has 1 fully saturated rings. The van der Waals surface area contributed by atoms with Crippen molar-refractivity contribution in [2.45, 2.75) is 50.0 Å². The van der Waals surface area contributed by atoms with Crippen LogP contribution in [-0.4, -0.2) is 24.9 Å². The van der Waals surface area contributed by atoms with Crippen LogP contribution in [0, 0.1) is 5.92 Å². The minimum Gasteiger partial charge on any atom is -0.390 e. The van der Waals surface area contributed by atoms with Gasteiger partial charge in [-0.05, 0) is 68.7 Å².